The zero-order valence-corrected chi connectivity index (χ0v) is 14.2. The van der Waals surface area contributed by atoms with Gasteiger partial charge in [0.25, 0.3) is 0 Å². The van der Waals surface area contributed by atoms with Crippen molar-refractivity contribution in [2.45, 2.75) is 20.0 Å². The monoisotopic (exact) mass is 338 g/mol. The molecule has 0 aromatic heterocycles. The van der Waals surface area contributed by atoms with Crippen molar-refractivity contribution in [3.63, 3.8) is 0 Å². The molecule has 0 fully saturated rings. The summed E-state index contributed by atoms with van der Waals surface area (Å²) in [7, 11) is 0. The smallest absolute Gasteiger partial charge is 0.165 e. The molecular formula is C18H24ClFN2O. The van der Waals surface area contributed by atoms with Crippen LogP contribution in [0.4, 0.5) is 4.39 Å². The van der Waals surface area contributed by atoms with Crippen LogP contribution in [0, 0.1) is 5.82 Å². The highest BCUT2D eigenvalue weighted by Crippen LogP contribution is 2.19. The van der Waals surface area contributed by atoms with Gasteiger partial charge in [-0.1, -0.05) is 36.4 Å². The van der Waals surface area contributed by atoms with E-state index in [0.717, 1.165) is 18.7 Å². The molecule has 0 aliphatic rings. The summed E-state index contributed by atoms with van der Waals surface area (Å²) in [4.78, 5) is 2.21. The number of rotatable bonds is 8. The molecule has 0 saturated carbocycles. The van der Waals surface area contributed by atoms with E-state index in [2.05, 4.69) is 17.0 Å². The van der Waals surface area contributed by atoms with Crippen LogP contribution in [-0.4, -0.2) is 24.6 Å². The van der Waals surface area contributed by atoms with Crippen molar-refractivity contribution in [2.24, 2.45) is 5.73 Å². The molecule has 0 unspecified atom stereocenters. The summed E-state index contributed by atoms with van der Waals surface area (Å²) in [6.45, 7) is 5.11. The third kappa shape index (κ3) is 6.18. The van der Waals surface area contributed by atoms with Crippen LogP contribution in [-0.2, 0) is 13.1 Å². The van der Waals surface area contributed by atoms with Gasteiger partial charge in [-0.15, -0.1) is 12.4 Å². The molecule has 23 heavy (non-hydrogen) atoms. The highest BCUT2D eigenvalue weighted by Gasteiger charge is 2.09. The molecule has 0 amide bonds. The minimum atomic E-state index is -0.313. The normalized spacial score (nSPS) is 10.4. The zero-order valence-electron chi connectivity index (χ0n) is 13.4. The first-order valence-corrected chi connectivity index (χ1v) is 7.60. The Labute approximate surface area is 143 Å². The topological polar surface area (TPSA) is 38.5 Å². The first-order valence-electron chi connectivity index (χ1n) is 7.60. The lowest BCUT2D eigenvalue weighted by Crippen LogP contribution is -2.28. The van der Waals surface area contributed by atoms with Gasteiger partial charge in [0.1, 0.15) is 0 Å². The Morgan fingerprint density at radius 1 is 1.04 bits per heavy atom. The van der Waals surface area contributed by atoms with Crippen LogP contribution in [0.3, 0.4) is 0 Å². The lowest BCUT2D eigenvalue weighted by molar-refractivity contribution is 0.263. The highest BCUT2D eigenvalue weighted by atomic mass is 35.5. The zero-order chi connectivity index (χ0) is 15.8. The van der Waals surface area contributed by atoms with Crippen LogP contribution < -0.4 is 10.5 Å². The molecule has 2 rings (SSSR count). The average Bonchev–Trinajstić information content (AvgIpc) is 2.51. The predicted octanol–water partition coefficient (Wildman–Crippen LogP) is 3.61. The van der Waals surface area contributed by atoms with Gasteiger partial charge in [0.05, 0.1) is 6.61 Å². The molecule has 0 aliphatic heterocycles. The number of nitrogens with two attached hydrogens (primary N) is 1. The van der Waals surface area contributed by atoms with E-state index < -0.39 is 0 Å². The molecule has 0 bridgehead atoms. The third-order valence-electron chi connectivity index (χ3n) is 3.40. The van der Waals surface area contributed by atoms with Crippen molar-refractivity contribution in [3.8, 4) is 5.75 Å². The van der Waals surface area contributed by atoms with Crippen molar-refractivity contribution in [2.75, 3.05) is 19.7 Å². The maximum absolute atomic E-state index is 13.9. The van der Waals surface area contributed by atoms with Gasteiger partial charge in [-0.2, -0.15) is 0 Å². The van der Waals surface area contributed by atoms with E-state index in [9.17, 15) is 4.39 Å². The van der Waals surface area contributed by atoms with Gasteiger partial charge in [-0.25, -0.2) is 4.39 Å². The van der Waals surface area contributed by atoms with E-state index in [-0.39, 0.29) is 18.2 Å². The first kappa shape index (κ1) is 19.4. The number of hydrogen-bond acceptors (Lipinski definition) is 3. The molecule has 0 radical (unpaired) electrons. The Hall–Kier alpha value is -1.62. The molecule has 0 heterocycles. The Bertz CT molecular complexity index is 580. The van der Waals surface area contributed by atoms with Crippen LogP contribution in [0.15, 0.2) is 48.5 Å². The minimum absolute atomic E-state index is 0. The van der Waals surface area contributed by atoms with E-state index in [0.29, 0.717) is 25.4 Å². The maximum Gasteiger partial charge on any atom is 0.165 e. The van der Waals surface area contributed by atoms with Crippen molar-refractivity contribution in [1.82, 2.24) is 4.90 Å². The Kier molecular flexibility index (Phi) is 8.62. The fourth-order valence-electron chi connectivity index (χ4n) is 2.41. The second-order valence-electron chi connectivity index (χ2n) is 5.18. The maximum atomic E-state index is 13.9. The SMILES string of the molecule is CCOc1ccc(CN(CCN)Cc2ccccc2)cc1F.Cl. The second-order valence-corrected chi connectivity index (χ2v) is 5.18. The Morgan fingerprint density at radius 2 is 1.74 bits per heavy atom. The summed E-state index contributed by atoms with van der Waals surface area (Å²) in [5.41, 5.74) is 7.84. The van der Waals surface area contributed by atoms with Crippen molar-refractivity contribution >= 4 is 12.4 Å². The van der Waals surface area contributed by atoms with Crippen LogP contribution >= 0.6 is 12.4 Å². The van der Waals surface area contributed by atoms with Crippen LogP contribution in [0.5, 0.6) is 5.75 Å². The molecular weight excluding hydrogens is 315 g/mol. The van der Waals surface area contributed by atoms with Gasteiger partial charge >= 0.3 is 0 Å². The summed E-state index contributed by atoms with van der Waals surface area (Å²) in [5.74, 6) is -0.00792. The summed E-state index contributed by atoms with van der Waals surface area (Å²) >= 11 is 0. The van der Waals surface area contributed by atoms with Gasteiger partial charge in [0, 0.05) is 26.2 Å². The molecule has 2 aromatic rings. The molecule has 3 nitrogen and oxygen atoms in total. The standard InChI is InChI=1S/C18H23FN2O.ClH/c1-2-22-18-9-8-16(12-17(18)19)14-21(11-10-20)13-15-6-4-3-5-7-15;/h3-9,12H,2,10-11,13-14,20H2,1H3;1H. The largest absolute Gasteiger partial charge is 0.491 e. The summed E-state index contributed by atoms with van der Waals surface area (Å²) in [6.07, 6.45) is 0. The predicted molar refractivity (Wildman–Crippen MR) is 94.4 cm³/mol. The van der Waals surface area contributed by atoms with Crippen molar-refractivity contribution in [1.29, 1.82) is 0 Å². The molecule has 0 spiro atoms. The molecule has 126 valence electrons. The number of ether oxygens (including phenoxy) is 1. The highest BCUT2D eigenvalue weighted by molar-refractivity contribution is 5.85. The number of hydrogen-bond donors (Lipinski definition) is 1. The molecule has 0 aliphatic carbocycles. The lowest BCUT2D eigenvalue weighted by Gasteiger charge is -2.22. The van der Waals surface area contributed by atoms with E-state index in [4.69, 9.17) is 10.5 Å². The van der Waals surface area contributed by atoms with Crippen LogP contribution in [0.25, 0.3) is 0 Å². The Morgan fingerprint density at radius 3 is 2.35 bits per heavy atom. The minimum Gasteiger partial charge on any atom is -0.491 e. The van der Waals surface area contributed by atoms with Crippen LogP contribution in [0.1, 0.15) is 18.1 Å². The fraction of sp³-hybridized carbons (Fsp3) is 0.333. The first-order chi connectivity index (χ1) is 10.7. The van der Waals surface area contributed by atoms with E-state index in [1.54, 1.807) is 12.1 Å². The van der Waals surface area contributed by atoms with Gasteiger partial charge in [-0.3, -0.25) is 4.90 Å². The number of benzene rings is 2. The van der Waals surface area contributed by atoms with E-state index in [1.165, 1.54) is 5.56 Å². The van der Waals surface area contributed by atoms with Gasteiger partial charge in [0.2, 0.25) is 0 Å². The molecule has 5 heteroatoms. The van der Waals surface area contributed by atoms with Gasteiger partial charge < -0.3 is 10.5 Å². The quantitative estimate of drug-likeness (QED) is 0.799. The molecule has 0 atom stereocenters. The van der Waals surface area contributed by atoms with E-state index in [1.807, 2.05) is 31.2 Å². The Balaban J connectivity index is 0.00000264. The van der Waals surface area contributed by atoms with Gasteiger partial charge in [0.15, 0.2) is 11.6 Å². The fourth-order valence-corrected chi connectivity index (χ4v) is 2.41. The third-order valence-corrected chi connectivity index (χ3v) is 3.40. The van der Waals surface area contributed by atoms with Gasteiger partial charge in [-0.05, 0) is 30.2 Å². The number of halogens is 2. The molecule has 0 saturated heterocycles. The van der Waals surface area contributed by atoms with Crippen LogP contribution in [0.2, 0.25) is 0 Å². The summed E-state index contributed by atoms with van der Waals surface area (Å²) < 4.78 is 19.2. The van der Waals surface area contributed by atoms with E-state index >= 15 is 0 Å². The second kappa shape index (κ2) is 10.2. The number of nitrogens with zero attached hydrogens (tertiary/aromatic N) is 1. The van der Waals surface area contributed by atoms with Crippen molar-refractivity contribution < 1.29 is 9.13 Å². The summed E-state index contributed by atoms with van der Waals surface area (Å²) in [5, 5.41) is 0. The molecule has 2 aromatic carbocycles. The van der Waals surface area contributed by atoms with Crippen molar-refractivity contribution in [3.05, 3.63) is 65.5 Å². The molecule has 2 N–H and O–H groups in total. The lowest BCUT2D eigenvalue weighted by atomic mass is 10.1. The average molecular weight is 339 g/mol. The summed E-state index contributed by atoms with van der Waals surface area (Å²) in [6, 6.07) is 15.3.